The molecule has 0 spiro atoms. The Kier molecular flexibility index (Phi) is 5.42. The van der Waals surface area contributed by atoms with Crippen LogP contribution in [-0.2, 0) is 4.79 Å². The van der Waals surface area contributed by atoms with Gasteiger partial charge in [-0.05, 0) is 44.0 Å². The number of nitrogens with one attached hydrogen (secondary N) is 1. The molecule has 0 bridgehead atoms. The zero-order valence-electron chi connectivity index (χ0n) is 11.8. The summed E-state index contributed by atoms with van der Waals surface area (Å²) in [7, 11) is 0. The molecule has 2 aliphatic heterocycles. The summed E-state index contributed by atoms with van der Waals surface area (Å²) in [5.74, 6) is 0.836. The van der Waals surface area contributed by atoms with Crippen molar-refractivity contribution in [2.75, 3.05) is 31.1 Å². The SMILES string of the molecule is Cl.O=C(CCC1CCNC1)N1CCOc2cc(F)ccc21. The van der Waals surface area contributed by atoms with Gasteiger partial charge in [0.25, 0.3) is 0 Å². The van der Waals surface area contributed by atoms with Gasteiger partial charge in [0.2, 0.25) is 5.91 Å². The van der Waals surface area contributed by atoms with Crippen molar-refractivity contribution in [3.8, 4) is 5.75 Å². The zero-order valence-corrected chi connectivity index (χ0v) is 12.6. The lowest BCUT2D eigenvalue weighted by Crippen LogP contribution is -2.38. The van der Waals surface area contributed by atoms with Crippen molar-refractivity contribution in [1.82, 2.24) is 5.32 Å². The van der Waals surface area contributed by atoms with Crippen LogP contribution in [0.4, 0.5) is 10.1 Å². The highest BCUT2D eigenvalue weighted by atomic mass is 35.5. The Morgan fingerprint density at radius 2 is 2.33 bits per heavy atom. The summed E-state index contributed by atoms with van der Waals surface area (Å²) in [6.07, 6.45) is 2.61. The van der Waals surface area contributed by atoms with Crippen LogP contribution in [-0.4, -0.2) is 32.1 Å². The number of hydrogen-bond donors (Lipinski definition) is 1. The average molecular weight is 315 g/mol. The summed E-state index contributed by atoms with van der Waals surface area (Å²) in [5, 5.41) is 3.31. The van der Waals surface area contributed by atoms with Crippen LogP contribution in [0.2, 0.25) is 0 Å². The number of anilines is 1. The number of fused-ring (bicyclic) bond motifs is 1. The number of carbonyl (C=O) groups is 1. The van der Waals surface area contributed by atoms with Gasteiger partial charge in [0, 0.05) is 12.5 Å². The summed E-state index contributed by atoms with van der Waals surface area (Å²) in [6.45, 7) is 3.03. The number of benzene rings is 1. The lowest BCUT2D eigenvalue weighted by molar-refractivity contribution is -0.119. The Balaban J connectivity index is 0.00000161. The molecule has 2 heterocycles. The summed E-state index contributed by atoms with van der Waals surface area (Å²) in [4.78, 5) is 14.1. The van der Waals surface area contributed by atoms with Crippen molar-refractivity contribution in [2.24, 2.45) is 5.92 Å². The van der Waals surface area contributed by atoms with E-state index in [0.29, 0.717) is 36.9 Å². The largest absolute Gasteiger partial charge is 0.489 e. The van der Waals surface area contributed by atoms with Crippen LogP contribution in [0.25, 0.3) is 0 Å². The first-order chi connectivity index (χ1) is 9.74. The van der Waals surface area contributed by atoms with E-state index in [9.17, 15) is 9.18 Å². The minimum Gasteiger partial charge on any atom is -0.489 e. The Morgan fingerprint density at radius 1 is 1.48 bits per heavy atom. The van der Waals surface area contributed by atoms with Gasteiger partial charge in [0.05, 0.1) is 12.2 Å². The van der Waals surface area contributed by atoms with Crippen LogP contribution in [0.5, 0.6) is 5.75 Å². The van der Waals surface area contributed by atoms with E-state index < -0.39 is 0 Å². The normalized spacial score (nSPS) is 20.4. The monoisotopic (exact) mass is 314 g/mol. The van der Waals surface area contributed by atoms with Crippen LogP contribution in [0.3, 0.4) is 0 Å². The molecule has 1 saturated heterocycles. The minimum absolute atomic E-state index is 0. The maximum atomic E-state index is 13.2. The second-order valence-corrected chi connectivity index (χ2v) is 5.40. The molecule has 0 radical (unpaired) electrons. The predicted molar refractivity (Wildman–Crippen MR) is 81.7 cm³/mol. The number of halogens is 2. The Bertz CT molecular complexity index is 506. The van der Waals surface area contributed by atoms with Gasteiger partial charge in [-0.1, -0.05) is 0 Å². The van der Waals surface area contributed by atoms with Crippen molar-refractivity contribution in [2.45, 2.75) is 19.3 Å². The molecular weight excluding hydrogens is 295 g/mol. The maximum absolute atomic E-state index is 13.2. The maximum Gasteiger partial charge on any atom is 0.227 e. The number of nitrogens with zero attached hydrogens (tertiary/aromatic N) is 1. The molecule has 1 amide bonds. The molecule has 3 rings (SSSR count). The highest BCUT2D eigenvalue weighted by molar-refractivity contribution is 5.95. The van der Waals surface area contributed by atoms with E-state index in [1.165, 1.54) is 12.1 Å². The number of ether oxygens (including phenoxy) is 1. The molecule has 0 saturated carbocycles. The first kappa shape index (κ1) is 16.0. The molecule has 1 aromatic rings. The van der Waals surface area contributed by atoms with E-state index in [4.69, 9.17) is 4.74 Å². The molecular formula is C15H20ClFN2O2. The van der Waals surface area contributed by atoms with Crippen molar-refractivity contribution in [3.63, 3.8) is 0 Å². The lowest BCUT2D eigenvalue weighted by Gasteiger charge is -2.29. The van der Waals surface area contributed by atoms with Crippen molar-refractivity contribution < 1.29 is 13.9 Å². The fourth-order valence-electron chi connectivity index (χ4n) is 2.88. The van der Waals surface area contributed by atoms with Gasteiger partial charge in [-0.3, -0.25) is 4.79 Å². The fraction of sp³-hybridized carbons (Fsp3) is 0.533. The first-order valence-corrected chi connectivity index (χ1v) is 7.17. The molecule has 1 atom stereocenters. The van der Waals surface area contributed by atoms with Gasteiger partial charge in [0.1, 0.15) is 18.2 Å². The second kappa shape index (κ2) is 7.09. The number of carbonyl (C=O) groups excluding carboxylic acids is 1. The standard InChI is InChI=1S/C15H19FN2O2.ClH/c16-12-2-3-13-14(9-12)20-8-7-18(13)15(19)4-1-11-5-6-17-10-11;/h2-3,9,11,17H,1,4-8,10H2;1H. The lowest BCUT2D eigenvalue weighted by atomic mass is 10.0. The third kappa shape index (κ3) is 3.66. The molecule has 6 heteroatoms. The number of hydrogen-bond acceptors (Lipinski definition) is 3. The van der Waals surface area contributed by atoms with Crippen molar-refractivity contribution in [1.29, 1.82) is 0 Å². The predicted octanol–water partition coefficient (Wildman–Crippen LogP) is 2.36. The van der Waals surface area contributed by atoms with E-state index in [0.717, 1.165) is 25.9 Å². The quantitative estimate of drug-likeness (QED) is 0.931. The van der Waals surface area contributed by atoms with Crippen LogP contribution in [0, 0.1) is 11.7 Å². The number of rotatable bonds is 3. The third-order valence-electron chi connectivity index (χ3n) is 4.01. The van der Waals surface area contributed by atoms with Crippen molar-refractivity contribution in [3.05, 3.63) is 24.0 Å². The molecule has 1 N–H and O–H groups in total. The van der Waals surface area contributed by atoms with E-state index in [1.54, 1.807) is 11.0 Å². The van der Waals surface area contributed by atoms with Crippen LogP contribution in [0.1, 0.15) is 19.3 Å². The molecule has 1 unspecified atom stereocenters. The molecule has 21 heavy (non-hydrogen) atoms. The highest BCUT2D eigenvalue weighted by Crippen LogP contribution is 2.32. The molecule has 1 aromatic carbocycles. The number of amides is 1. The van der Waals surface area contributed by atoms with Gasteiger partial charge in [-0.15, -0.1) is 12.4 Å². The summed E-state index contributed by atoms with van der Waals surface area (Å²) in [5.41, 5.74) is 0.687. The fourth-order valence-corrected chi connectivity index (χ4v) is 2.88. The van der Waals surface area contributed by atoms with E-state index in [-0.39, 0.29) is 24.1 Å². The topological polar surface area (TPSA) is 41.6 Å². The zero-order chi connectivity index (χ0) is 13.9. The van der Waals surface area contributed by atoms with Crippen LogP contribution < -0.4 is 15.0 Å². The summed E-state index contributed by atoms with van der Waals surface area (Å²) in [6, 6.07) is 4.34. The van der Waals surface area contributed by atoms with Gasteiger partial charge in [0.15, 0.2) is 0 Å². The van der Waals surface area contributed by atoms with Crippen LogP contribution in [0.15, 0.2) is 18.2 Å². The van der Waals surface area contributed by atoms with Crippen molar-refractivity contribution >= 4 is 24.0 Å². The molecule has 116 valence electrons. The van der Waals surface area contributed by atoms with Crippen LogP contribution >= 0.6 is 12.4 Å². The Hall–Kier alpha value is -1.33. The van der Waals surface area contributed by atoms with Gasteiger partial charge in [-0.2, -0.15) is 0 Å². The molecule has 2 aliphatic rings. The van der Waals surface area contributed by atoms with Gasteiger partial charge < -0.3 is 15.0 Å². The molecule has 4 nitrogen and oxygen atoms in total. The Labute approximate surface area is 130 Å². The highest BCUT2D eigenvalue weighted by Gasteiger charge is 2.25. The van der Waals surface area contributed by atoms with Gasteiger partial charge >= 0.3 is 0 Å². The average Bonchev–Trinajstić information content (AvgIpc) is 2.97. The summed E-state index contributed by atoms with van der Waals surface area (Å²) < 4.78 is 18.6. The van der Waals surface area contributed by atoms with E-state index in [1.807, 2.05) is 0 Å². The van der Waals surface area contributed by atoms with Gasteiger partial charge in [-0.25, -0.2) is 4.39 Å². The van der Waals surface area contributed by atoms with E-state index in [2.05, 4.69) is 5.32 Å². The Morgan fingerprint density at radius 3 is 3.10 bits per heavy atom. The first-order valence-electron chi connectivity index (χ1n) is 7.17. The minimum atomic E-state index is -0.338. The third-order valence-corrected chi connectivity index (χ3v) is 4.01. The molecule has 1 fully saturated rings. The molecule has 0 aliphatic carbocycles. The smallest absolute Gasteiger partial charge is 0.227 e. The molecule has 0 aromatic heterocycles. The second-order valence-electron chi connectivity index (χ2n) is 5.40. The van der Waals surface area contributed by atoms with E-state index >= 15 is 0 Å². The summed E-state index contributed by atoms with van der Waals surface area (Å²) >= 11 is 0.